The first kappa shape index (κ1) is 16.0. The Labute approximate surface area is 116 Å². The lowest BCUT2D eigenvalue weighted by molar-refractivity contribution is -0.131. The van der Waals surface area contributed by atoms with Gasteiger partial charge in [-0.2, -0.15) is 5.26 Å². The van der Waals surface area contributed by atoms with E-state index in [1.54, 1.807) is 0 Å². The summed E-state index contributed by atoms with van der Waals surface area (Å²) < 4.78 is 0. The molecule has 0 bridgehead atoms. The van der Waals surface area contributed by atoms with Crippen LogP contribution in [0.5, 0.6) is 0 Å². The van der Waals surface area contributed by atoms with Gasteiger partial charge in [0.05, 0.1) is 6.07 Å². The second-order valence-electron chi connectivity index (χ2n) is 6.66. The van der Waals surface area contributed by atoms with Crippen LogP contribution in [0.15, 0.2) is 0 Å². The Hall–Kier alpha value is -1.08. The van der Waals surface area contributed by atoms with Crippen LogP contribution in [0.3, 0.4) is 0 Å². The van der Waals surface area contributed by atoms with Gasteiger partial charge in [-0.15, -0.1) is 0 Å². The number of rotatable bonds is 4. The molecule has 108 valence electrons. The highest BCUT2D eigenvalue weighted by atomic mass is 16.3. The predicted octanol–water partition coefficient (Wildman–Crippen LogP) is 2.37. The maximum absolute atomic E-state index is 12.5. The van der Waals surface area contributed by atoms with Crippen LogP contribution < -0.4 is 5.32 Å². The summed E-state index contributed by atoms with van der Waals surface area (Å²) in [6.45, 7) is 6.15. The lowest BCUT2D eigenvalue weighted by Gasteiger charge is -2.36. The minimum atomic E-state index is -0.850. The summed E-state index contributed by atoms with van der Waals surface area (Å²) in [5.41, 5.74) is -0.971. The molecular weight excluding hydrogens is 240 g/mol. The fraction of sp³-hybridized carbons (Fsp3) is 0.867. The van der Waals surface area contributed by atoms with Crippen LogP contribution in [0, 0.1) is 22.2 Å². The minimum absolute atomic E-state index is 0.0434. The third-order valence-electron chi connectivity index (χ3n) is 4.12. The van der Waals surface area contributed by atoms with Crippen LogP contribution in [0.2, 0.25) is 0 Å². The van der Waals surface area contributed by atoms with Crippen molar-refractivity contribution in [3.05, 3.63) is 0 Å². The second-order valence-corrected chi connectivity index (χ2v) is 6.66. The maximum Gasteiger partial charge on any atom is 0.240 e. The standard InChI is InChI=1S/C15H26N2O2/c1-14(2,3)12(7-10-18)17-13(19)15(11-16)8-5-4-6-9-15/h12,18H,4-10H2,1-3H3,(H,17,19). The average Bonchev–Trinajstić information content (AvgIpc) is 2.37. The van der Waals surface area contributed by atoms with E-state index in [-0.39, 0.29) is 24.0 Å². The van der Waals surface area contributed by atoms with Crippen molar-refractivity contribution in [2.75, 3.05) is 6.61 Å². The molecule has 1 rings (SSSR count). The first-order valence-electron chi connectivity index (χ1n) is 7.19. The van der Waals surface area contributed by atoms with Crippen molar-refractivity contribution in [3.63, 3.8) is 0 Å². The van der Waals surface area contributed by atoms with Crippen LogP contribution in [-0.2, 0) is 4.79 Å². The summed E-state index contributed by atoms with van der Waals surface area (Å²) in [5.74, 6) is -0.150. The van der Waals surface area contributed by atoms with Crippen LogP contribution in [0.25, 0.3) is 0 Å². The Kier molecular flexibility index (Phi) is 5.37. The molecule has 19 heavy (non-hydrogen) atoms. The molecule has 1 amide bonds. The summed E-state index contributed by atoms with van der Waals surface area (Å²) in [6, 6.07) is 2.14. The molecular formula is C15H26N2O2. The molecule has 1 aliphatic carbocycles. The molecule has 4 heteroatoms. The zero-order valence-electron chi connectivity index (χ0n) is 12.3. The Morgan fingerprint density at radius 2 is 1.95 bits per heavy atom. The van der Waals surface area contributed by atoms with E-state index in [2.05, 4.69) is 11.4 Å². The number of hydrogen-bond acceptors (Lipinski definition) is 3. The molecule has 0 aromatic carbocycles. The molecule has 1 unspecified atom stereocenters. The smallest absolute Gasteiger partial charge is 0.240 e. The largest absolute Gasteiger partial charge is 0.396 e. The SMILES string of the molecule is CC(C)(C)C(CCO)NC(=O)C1(C#N)CCCCC1. The third kappa shape index (κ3) is 3.94. The van der Waals surface area contributed by atoms with E-state index in [1.165, 1.54) is 0 Å². The monoisotopic (exact) mass is 266 g/mol. The Morgan fingerprint density at radius 3 is 2.37 bits per heavy atom. The topological polar surface area (TPSA) is 73.1 Å². The van der Waals surface area contributed by atoms with Gasteiger partial charge in [0.1, 0.15) is 5.41 Å². The fourth-order valence-corrected chi connectivity index (χ4v) is 2.69. The molecule has 1 aliphatic rings. The first-order chi connectivity index (χ1) is 8.85. The van der Waals surface area contributed by atoms with Crippen molar-refractivity contribution in [3.8, 4) is 6.07 Å². The summed E-state index contributed by atoms with van der Waals surface area (Å²) in [5, 5.41) is 21.5. The van der Waals surface area contributed by atoms with Crippen LogP contribution >= 0.6 is 0 Å². The van der Waals surface area contributed by atoms with Crippen LogP contribution in [-0.4, -0.2) is 23.7 Å². The molecule has 0 aromatic rings. The van der Waals surface area contributed by atoms with Crippen molar-refractivity contribution < 1.29 is 9.90 Å². The van der Waals surface area contributed by atoms with Crippen LogP contribution in [0.4, 0.5) is 0 Å². The zero-order chi connectivity index (χ0) is 14.5. The fourth-order valence-electron chi connectivity index (χ4n) is 2.69. The van der Waals surface area contributed by atoms with E-state index in [9.17, 15) is 10.1 Å². The number of hydrogen-bond donors (Lipinski definition) is 2. The van der Waals surface area contributed by atoms with Crippen molar-refractivity contribution >= 4 is 5.91 Å². The van der Waals surface area contributed by atoms with Gasteiger partial charge in [0.2, 0.25) is 5.91 Å². The van der Waals surface area contributed by atoms with Crippen molar-refractivity contribution in [2.45, 2.75) is 65.3 Å². The molecule has 0 spiro atoms. The number of carbonyl (C=O) groups excluding carboxylic acids is 1. The second kappa shape index (κ2) is 6.38. The van der Waals surface area contributed by atoms with E-state index >= 15 is 0 Å². The molecule has 2 N–H and O–H groups in total. The first-order valence-corrected chi connectivity index (χ1v) is 7.19. The molecule has 1 fully saturated rings. The van der Waals surface area contributed by atoms with E-state index in [1.807, 2.05) is 20.8 Å². The number of nitrogens with zero attached hydrogens (tertiary/aromatic N) is 1. The van der Waals surface area contributed by atoms with E-state index < -0.39 is 5.41 Å². The number of nitrogens with one attached hydrogen (secondary N) is 1. The van der Waals surface area contributed by atoms with E-state index in [0.717, 1.165) is 19.3 Å². The predicted molar refractivity (Wildman–Crippen MR) is 74.2 cm³/mol. The number of aliphatic hydroxyl groups excluding tert-OH is 1. The Morgan fingerprint density at radius 1 is 1.37 bits per heavy atom. The lowest BCUT2D eigenvalue weighted by atomic mass is 9.74. The van der Waals surface area contributed by atoms with Gasteiger partial charge in [-0.25, -0.2) is 0 Å². The number of amides is 1. The van der Waals surface area contributed by atoms with Gasteiger partial charge in [-0.05, 0) is 24.7 Å². The summed E-state index contributed by atoms with van der Waals surface area (Å²) in [7, 11) is 0. The molecule has 0 aliphatic heterocycles. The number of nitriles is 1. The molecule has 1 atom stereocenters. The summed E-state index contributed by atoms with van der Waals surface area (Å²) in [6.07, 6.45) is 4.84. The molecule has 0 aromatic heterocycles. The van der Waals surface area contributed by atoms with Gasteiger partial charge in [0.25, 0.3) is 0 Å². The van der Waals surface area contributed by atoms with Gasteiger partial charge in [0.15, 0.2) is 0 Å². The van der Waals surface area contributed by atoms with Crippen molar-refractivity contribution in [2.24, 2.45) is 10.8 Å². The summed E-state index contributed by atoms with van der Waals surface area (Å²) in [4.78, 5) is 12.5. The zero-order valence-corrected chi connectivity index (χ0v) is 12.3. The highest BCUT2D eigenvalue weighted by Gasteiger charge is 2.41. The Bertz CT molecular complexity index is 346. The molecule has 1 saturated carbocycles. The lowest BCUT2D eigenvalue weighted by Crippen LogP contribution is -2.50. The maximum atomic E-state index is 12.5. The quantitative estimate of drug-likeness (QED) is 0.820. The molecule has 0 heterocycles. The van der Waals surface area contributed by atoms with Gasteiger partial charge < -0.3 is 10.4 Å². The minimum Gasteiger partial charge on any atom is -0.396 e. The highest BCUT2D eigenvalue weighted by Crippen LogP contribution is 2.36. The summed E-state index contributed by atoms with van der Waals surface area (Å²) >= 11 is 0. The molecule has 0 saturated heterocycles. The normalized spacial score (nSPS) is 20.4. The van der Waals surface area contributed by atoms with E-state index in [0.29, 0.717) is 19.3 Å². The number of aliphatic hydroxyl groups is 1. The highest BCUT2D eigenvalue weighted by molar-refractivity contribution is 5.85. The van der Waals surface area contributed by atoms with Gasteiger partial charge in [0, 0.05) is 12.6 Å². The van der Waals surface area contributed by atoms with Crippen LogP contribution in [0.1, 0.15) is 59.3 Å². The van der Waals surface area contributed by atoms with Gasteiger partial charge in [-0.3, -0.25) is 4.79 Å². The van der Waals surface area contributed by atoms with Gasteiger partial charge >= 0.3 is 0 Å². The average molecular weight is 266 g/mol. The third-order valence-corrected chi connectivity index (χ3v) is 4.12. The van der Waals surface area contributed by atoms with Crippen molar-refractivity contribution in [1.82, 2.24) is 5.32 Å². The Balaban J connectivity index is 2.78. The van der Waals surface area contributed by atoms with E-state index in [4.69, 9.17) is 5.11 Å². The number of carbonyl (C=O) groups is 1. The van der Waals surface area contributed by atoms with Crippen molar-refractivity contribution in [1.29, 1.82) is 5.26 Å². The molecule has 0 radical (unpaired) electrons. The van der Waals surface area contributed by atoms with Gasteiger partial charge in [-0.1, -0.05) is 40.0 Å². The molecule has 4 nitrogen and oxygen atoms in total.